The molecule has 1 aromatic rings. The Balaban J connectivity index is 2.22. The summed E-state index contributed by atoms with van der Waals surface area (Å²) in [4.78, 5) is 24.2. The summed E-state index contributed by atoms with van der Waals surface area (Å²) in [5.74, 6) is -2.92. The molecule has 1 heterocycles. The van der Waals surface area contributed by atoms with Crippen molar-refractivity contribution < 1.29 is 27.2 Å². The number of halogens is 5. The third-order valence-electron chi connectivity index (χ3n) is 2.59. The van der Waals surface area contributed by atoms with Gasteiger partial charge < -0.3 is 4.90 Å². The second-order valence-corrected chi connectivity index (χ2v) is 5.88. The number of hydrogen-bond donors (Lipinski definition) is 0. The van der Waals surface area contributed by atoms with Crippen LogP contribution in [0.15, 0.2) is 16.6 Å². The highest BCUT2D eigenvalue weighted by molar-refractivity contribution is 9.10. The molecule has 20 heavy (non-hydrogen) atoms. The van der Waals surface area contributed by atoms with Crippen LogP contribution in [0.5, 0.6) is 0 Å². The summed E-state index contributed by atoms with van der Waals surface area (Å²) >= 11 is 2.58. The number of nitrogens with zero attached hydrogens (tertiary/aromatic N) is 1. The molecule has 0 N–H and O–H groups in total. The molecule has 1 aliphatic heterocycles. The fourth-order valence-electron chi connectivity index (χ4n) is 1.76. The minimum atomic E-state index is -4.42. The lowest BCUT2D eigenvalue weighted by atomic mass is 10.1. The van der Waals surface area contributed by atoms with Crippen molar-refractivity contribution in [1.29, 1.82) is 0 Å². The van der Waals surface area contributed by atoms with Gasteiger partial charge in [0.25, 0.3) is 11.7 Å². The maximum atomic E-state index is 13.4. The molecule has 1 amide bonds. The number of amides is 1. The molecule has 0 fully saturated rings. The van der Waals surface area contributed by atoms with Crippen molar-refractivity contribution in [2.24, 2.45) is 0 Å². The van der Waals surface area contributed by atoms with Gasteiger partial charge in [-0.1, -0.05) is 0 Å². The fourth-order valence-corrected chi connectivity index (χ4v) is 2.61. The van der Waals surface area contributed by atoms with Gasteiger partial charge in [-0.3, -0.25) is 9.59 Å². The zero-order valence-electron chi connectivity index (χ0n) is 9.63. The minimum absolute atomic E-state index is 0.00322. The van der Waals surface area contributed by atoms with Crippen molar-refractivity contribution in [3.8, 4) is 0 Å². The monoisotopic (exact) mass is 371 g/mol. The topological polar surface area (TPSA) is 37.4 Å². The zero-order chi connectivity index (χ0) is 15.1. The quantitative estimate of drug-likeness (QED) is 0.603. The first-order valence-electron chi connectivity index (χ1n) is 5.26. The Hall–Kier alpha value is -1.09. The second kappa shape index (κ2) is 5.36. The fraction of sp³-hybridized carbons (Fsp3) is 0.273. The number of Topliss-reactive ketones (excluding diaryl/α,β-unsaturated/α-hetero) is 1. The van der Waals surface area contributed by atoms with Gasteiger partial charge in [0.05, 0.1) is 15.7 Å². The van der Waals surface area contributed by atoms with Crippen LogP contribution in [-0.2, 0) is 4.79 Å². The molecule has 0 aliphatic carbocycles. The summed E-state index contributed by atoms with van der Waals surface area (Å²) in [5, 5.41) is 0. The number of alkyl halides is 3. The number of carbonyl (C=O) groups is 2. The Morgan fingerprint density at radius 3 is 2.50 bits per heavy atom. The van der Waals surface area contributed by atoms with Crippen LogP contribution < -0.4 is 4.90 Å². The van der Waals surface area contributed by atoms with Gasteiger partial charge in [-0.15, -0.1) is 0 Å². The van der Waals surface area contributed by atoms with Crippen molar-refractivity contribution in [2.45, 2.75) is 5.51 Å². The third-order valence-corrected chi connectivity index (χ3v) is 3.92. The summed E-state index contributed by atoms with van der Waals surface area (Å²) < 4.78 is 49.6. The lowest BCUT2D eigenvalue weighted by Gasteiger charge is -2.16. The molecule has 0 aromatic heterocycles. The summed E-state index contributed by atoms with van der Waals surface area (Å²) in [6.45, 7) is -0.317. The van der Waals surface area contributed by atoms with Crippen LogP contribution in [0, 0.1) is 5.82 Å². The van der Waals surface area contributed by atoms with Crippen LogP contribution in [0.2, 0.25) is 0 Å². The highest BCUT2D eigenvalue weighted by atomic mass is 79.9. The molecule has 0 atom stereocenters. The van der Waals surface area contributed by atoms with Crippen molar-refractivity contribution in [2.75, 3.05) is 17.2 Å². The van der Waals surface area contributed by atoms with E-state index in [9.17, 15) is 27.2 Å². The van der Waals surface area contributed by atoms with E-state index in [2.05, 4.69) is 15.9 Å². The lowest BCUT2D eigenvalue weighted by molar-refractivity contribution is -0.114. The Morgan fingerprint density at radius 2 is 1.90 bits per heavy atom. The Kier molecular flexibility index (Phi) is 4.10. The number of carbonyl (C=O) groups excluding carboxylic acids is 2. The Morgan fingerprint density at radius 1 is 1.25 bits per heavy atom. The predicted octanol–water partition coefficient (Wildman–Crippen LogP) is 3.37. The molecule has 0 bridgehead atoms. The van der Waals surface area contributed by atoms with Crippen molar-refractivity contribution in [3.63, 3.8) is 0 Å². The molecule has 2 rings (SSSR count). The van der Waals surface area contributed by atoms with Gasteiger partial charge in [0, 0.05) is 12.3 Å². The molecule has 1 aliphatic rings. The first-order valence-corrected chi connectivity index (χ1v) is 7.04. The molecule has 0 saturated heterocycles. The highest BCUT2D eigenvalue weighted by Gasteiger charge is 2.37. The Bertz CT molecular complexity index is 591. The molecule has 0 saturated carbocycles. The average molecular weight is 372 g/mol. The highest BCUT2D eigenvalue weighted by Crippen LogP contribution is 2.35. The van der Waals surface area contributed by atoms with Crippen LogP contribution in [-0.4, -0.2) is 29.5 Å². The predicted molar refractivity (Wildman–Crippen MR) is 69.3 cm³/mol. The number of hydrogen-bond acceptors (Lipinski definition) is 3. The molecule has 0 radical (unpaired) electrons. The molecule has 9 heteroatoms. The van der Waals surface area contributed by atoms with E-state index < -0.39 is 28.8 Å². The van der Waals surface area contributed by atoms with Gasteiger partial charge in [0.2, 0.25) is 0 Å². The number of rotatable bonds is 3. The lowest BCUT2D eigenvalue weighted by Crippen LogP contribution is -2.32. The van der Waals surface area contributed by atoms with Gasteiger partial charge in [-0.2, -0.15) is 13.2 Å². The molecule has 108 valence electrons. The average Bonchev–Trinajstić information content (AvgIpc) is 2.54. The SMILES string of the molecule is O=C1C(=O)N(CCSC(F)(F)F)c2cc(F)c(Br)cc21. The molecule has 0 spiro atoms. The van der Waals surface area contributed by atoms with E-state index in [0.717, 1.165) is 17.0 Å². The van der Waals surface area contributed by atoms with Crippen LogP contribution >= 0.6 is 27.7 Å². The maximum absolute atomic E-state index is 13.4. The third kappa shape index (κ3) is 2.98. The molecular weight excluding hydrogens is 366 g/mol. The molecular formula is C11H6BrF4NO2S. The van der Waals surface area contributed by atoms with E-state index in [1.54, 1.807) is 0 Å². The van der Waals surface area contributed by atoms with E-state index in [-0.39, 0.29) is 34.0 Å². The Labute approximate surface area is 123 Å². The van der Waals surface area contributed by atoms with Crippen LogP contribution in [0.1, 0.15) is 10.4 Å². The van der Waals surface area contributed by atoms with E-state index in [1.165, 1.54) is 0 Å². The number of benzene rings is 1. The number of anilines is 1. The van der Waals surface area contributed by atoms with Gasteiger partial charge >= 0.3 is 5.51 Å². The van der Waals surface area contributed by atoms with Gasteiger partial charge in [-0.05, 0) is 39.8 Å². The summed E-state index contributed by atoms with van der Waals surface area (Å²) in [6, 6.07) is 2.11. The maximum Gasteiger partial charge on any atom is 0.441 e. The van der Waals surface area contributed by atoms with E-state index in [1.807, 2.05) is 0 Å². The summed E-state index contributed by atoms with van der Waals surface area (Å²) in [6.07, 6.45) is 0. The zero-order valence-corrected chi connectivity index (χ0v) is 12.0. The van der Waals surface area contributed by atoms with Crippen LogP contribution in [0.4, 0.5) is 23.2 Å². The number of ketones is 1. The largest absolute Gasteiger partial charge is 0.441 e. The number of thioether (sulfide) groups is 1. The first kappa shape index (κ1) is 15.3. The van der Waals surface area contributed by atoms with Crippen LogP contribution in [0.3, 0.4) is 0 Å². The van der Waals surface area contributed by atoms with E-state index in [0.29, 0.717) is 0 Å². The minimum Gasteiger partial charge on any atom is -0.304 e. The van der Waals surface area contributed by atoms with Crippen LogP contribution in [0.25, 0.3) is 0 Å². The normalized spacial score (nSPS) is 14.9. The van der Waals surface area contributed by atoms with Crippen molar-refractivity contribution >= 4 is 45.1 Å². The molecule has 1 aromatic carbocycles. The van der Waals surface area contributed by atoms with Gasteiger partial charge in [0.15, 0.2) is 0 Å². The standard InChI is InChI=1S/C11H6BrF4NO2S/c12-6-3-5-8(4-7(6)13)17(10(19)9(5)18)1-2-20-11(14,15)16/h3-4H,1-2H2. The van der Waals surface area contributed by atoms with Crippen molar-refractivity contribution in [3.05, 3.63) is 28.0 Å². The molecule has 0 unspecified atom stereocenters. The smallest absolute Gasteiger partial charge is 0.304 e. The molecule has 3 nitrogen and oxygen atoms in total. The first-order chi connectivity index (χ1) is 9.20. The van der Waals surface area contributed by atoms with Gasteiger partial charge in [0.1, 0.15) is 5.82 Å². The van der Waals surface area contributed by atoms with Gasteiger partial charge in [-0.25, -0.2) is 4.39 Å². The summed E-state index contributed by atoms with van der Waals surface area (Å²) in [7, 11) is 0. The summed E-state index contributed by atoms with van der Waals surface area (Å²) in [5.41, 5.74) is -4.43. The van der Waals surface area contributed by atoms with Crippen molar-refractivity contribution in [1.82, 2.24) is 0 Å². The second-order valence-electron chi connectivity index (χ2n) is 3.86. The van der Waals surface area contributed by atoms with E-state index >= 15 is 0 Å². The number of fused-ring (bicyclic) bond motifs is 1. The van der Waals surface area contributed by atoms with E-state index in [4.69, 9.17) is 0 Å².